The van der Waals surface area contributed by atoms with Crippen LogP contribution in [0.2, 0.25) is 0 Å². The van der Waals surface area contributed by atoms with E-state index in [1.54, 1.807) is 13.3 Å². The highest BCUT2D eigenvalue weighted by atomic mass is 16.5. The minimum absolute atomic E-state index is 0.442. The first-order chi connectivity index (χ1) is 8.72. The van der Waals surface area contributed by atoms with E-state index < -0.39 is 0 Å². The molecule has 0 aliphatic carbocycles. The zero-order valence-electron chi connectivity index (χ0n) is 10.2. The van der Waals surface area contributed by atoms with E-state index in [0.29, 0.717) is 5.69 Å². The van der Waals surface area contributed by atoms with Crippen molar-refractivity contribution >= 4 is 22.8 Å². The van der Waals surface area contributed by atoms with Crippen LogP contribution in [-0.4, -0.2) is 22.8 Å². The summed E-state index contributed by atoms with van der Waals surface area (Å²) in [7, 11) is 1.65. The van der Waals surface area contributed by atoms with Crippen LogP contribution in [0.5, 0.6) is 5.75 Å². The number of fused-ring (bicyclic) bond motifs is 3. The van der Waals surface area contributed by atoms with Crippen molar-refractivity contribution in [1.29, 1.82) is 0 Å². The number of ether oxygens (including phenoxy) is 1. The standard InChI is InChI=1S/C14H12N2O2/c1-9-5-14-15-10(8-17)7-16(14)13-4-3-11(18-2)6-12(9)13/h3-8H,1-2H3. The Morgan fingerprint density at radius 2 is 2.17 bits per heavy atom. The molecule has 4 nitrogen and oxygen atoms in total. The van der Waals surface area contributed by atoms with Crippen LogP contribution in [0.3, 0.4) is 0 Å². The summed E-state index contributed by atoms with van der Waals surface area (Å²) in [6, 6.07) is 7.84. The third-order valence-electron chi connectivity index (χ3n) is 3.11. The number of carbonyl (C=O) groups excluding carboxylic acids is 1. The van der Waals surface area contributed by atoms with Gasteiger partial charge in [0.2, 0.25) is 0 Å². The highest BCUT2D eigenvalue weighted by molar-refractivity contribution is 5.87. The molecule has 3 rings (SSSR count). The lowest BCUT2D eigenvalue weighted by molar-refractivity contribution is 0.111. The highest BCUT2D eigenvalue weighted by Gasteiger charge is 2.08. The topological polar surface area (TPSA) is 43.6 Å². The third-order valence-corrected chi connectivity index (χ3v) is 3.11. The highest BCUT2D eigenvalue weighted by Crippen LogP contribution is 2.25. The lowest BCUT2D eigenvalue weighted by Gasteiger charge is -2.07. The smallest absolute Gasteiger partial charge is 0.170 e. The van der Waals surface area contributed by atoms with E-state index >= 15 is 0 Å². The molecular formula is C14H12N2O2. The molecule has 0 unspecified atom stereocenters. The Morgan fingerprint density at radius 1 is 1.33 bits per heavy atom. The Kier molecular flexibility index (Phi) is 2.30. The van der Waals surface area contributed by atoms with Crippen LogP contribution in [0.4, 0.5) is 0 Å². The number of aromatic nitrogens is 2. The van der Waals surface area contributed by atoms with Gasteiger partial charge in [-0.1, -0.05) is 0 Å². The predicted octanol–water partition coefficient (Wildman–Crippen LogP) is 2.62. The quantitative estimate of drug-likeness (QED) is 0.647. The number of methoxy groups -OCH3 is 1. The van der Waals surface area contributed by atoms with Gasteiger partial charge in [0.05, 0.1) is 12.6 Å². The first kappa shape index (κ1) is 10.8. The summed E-state index contributed by atoms with van der Waals surface area (Å²) in [5.74, 6) is 0.820. The van der Waals surface area contributed by atoms with Gasteiger partial charge in [-0.3, -0.25) is 9.20 Å². The van der Waals surface area contributed by atoms with Crippen molar-refractivity contribution in [2.75, 3.05) is 7.11 Å². The number of aryl methyl sites for hydroxylation is 1. The SMILES string of the molecule is COc1ccc2c(c1)c(C)cc1nc(C=O)cn12. The molecule has 0 fully saturated rings. The Hall–Kier alpha value is -2.36. The first-order valence-electron chi connectivity index (χ1n) is 5.64. The molecule has 0 N–H and O–H groups in total. The molecule has 4 heteroatoms. The first-order valence-corrected chi connectivity index (χ1v) is 5.64. The maximum absolute atomic E-state index is 10.8. The summed E-state index contributed by atoms with van der Waals surface area (Å²) in [5.41, 5.74) is 3.36. The minimum Gasteiger partial charge on any atom is -0.497 e. The number of pyridine rings is 1. The molecule has 0 atom stereocenters. The molecule has 2 aromatic heterocycles. The van der Waals surface area contributed by atoms with E-state index in [2.05, 4.69) is 4.98 Å². The van der Waals surface area contributed by atoms with Crippen LogP contribution in [0.1, 0.15) is 16.1 Å². The molecule has 0 spiro atoms. The van der Waals surface area contributed by atoms with Crippen LogP contribution < -0.4 is 4.74 Å². The fraction of sp³-hybridized carbons (Fsp3) is 0.143. The van der Waals surface area contributed by atoms with E-state index in [9.17, 15) is 4.79 Å². The monoisotopic (exact) mass is 240 g/mol. The normalized spacial score (nSPS) is 11.0. The summed E-state index contributed by atoms with van der Waals surface area (Å²) in [6.45, 7) is 2.02. The molecule has 90 valence electrons. The Morgan fingerprint density at radius 3 is 2.89 bits per heavy atom. The number of hydrogen-bond donors (Lipinski definition) is 0. The van der Waals surface area contributed by atoms with Crippen LogP contribution in [0.25, 0.3) is 16.6 Å². The van der Waals surface area contributed by atoms with Gasteiger partial charge in [0.1, 0.15) is 17.1 Å². The molecule has 0 amide bonds. The van der Waals surface area contributed by atoms with Gasteiger partial charge >= 0.3 is 0 Å². The van der Waals surface area contributed by atoms with Gasteiger partial charge in [0.25, 0.3) is 0 Å². The van der Waals surface area contributed by atoms with Gasteiger partial charge < -0.3 is 4.74 Å². The van der Waals surface area contributed by atoms with E-state index in [4.69, 9.17) is 4.74 Å². The Balaban J connectivity index is 2.45. The molecule has 0 aliphatic heterocycles. The number of nitrogens with zero attached hydrogens (tertiary/aromatic N) is 2. The number of hydrogen-bond acceptors (Lipinski definition) is 3. The zero-order chi connectivity index (χ0) is 12.7. The molecule has 0 radical (unpaired) electrons. The van der Waals surface area contributed by atoms with Gasteiger partial charge in [-0.15, -0.1) is 0 Å². The van der Waals surface area contributed by atoms with Crippen LogP contribution in [0, 0.1) is 6.92 Å². The van der Waals surface area contributed by atoms with Crippen molar-refractivity contribution < 1.29 is 9.53 Å². The summed E-state index contributed by atoms with van der Waals surface area (Å²) in [6.07, 6.45) is 2.51. The predicted molar refractivity (Wildman–Crippen MR) is 69.4 cm³/mol. The van der Waals surface area contributed by atoms with Crippen LogP contribution in [-0.2, 0) is 0 Å². The number of imidazole rings is 1. The number of aldehydes is 1. The average molecular weight is 240 g/mol. The zero-order valence-corrected chi connectivity index (χ0v) is 10.2. The minimum atomic E-state index is 0.442. The fourth-order valence-corrected chi connectivity index (χ4v) is 2.20. The molecule has 0 bridgehead atoms. The van der Waals surface area contributed by atoms with Crippen molar-refractivity contribution in [2.24, 2.45) is 0 Å². The maximum Gasteiger partial charge on any atom is 0.170 e. The van der Waals surface area contributed by atoms with Gasteiger partial charge in [-0.25, -0.2) is 4.98 Å². The fourth-order valence-electron chi connectivity index (χ4n) is 2.20. The van der Waals surface area contributed by atoms with Gasteiger partial charge in [0.15, 0.2) is 6.29 Å². The van der Waals surface area contributed by atoms with E-state index in [1.165, 1.54) is 0 Å². The molecule has 3 aromatic rings. The van der Waals surface area contributed by atoms with E-state index in [0.717, 1.165) is 34.1 Å². The van der Waals surface area contributed by atoms with Crippen molar-refractivity contribution in [3.05, 3.63) is 41.7 Å². The maximum atomic E-state index is 10.8. The van der Waals surface area contributed by atoms with Gasteiger partial charge in [-0.05, 0) is 36.8 Å². The van der Waals surface area contributed by atoms with Gasteiger partial charge in [-0.2, -0.15) is 0 Å². The second-order valence-corrected chi connectivity index (χ2v) is 4.22. The number of benzene rings is 1. The Labute approximate surface area is 104 Å². The lowest BCUT2D eigenvalue weighted by Crippen LogP contribution is -1.91. The van der Waals surface area contributed by atoms with Crippen molar-refractivity contribution in [2.45, 2.75) is 6.92 Å². The summed E-state index contributed by atoms with van der Waals surface area (Å²) in [5, 5.41) is 1.09. The van der Waals surface area contributed by atoms with Crippen molar-refractivity contribution in [3.8, 4) is 5.75 Å². The van der Waals surface area contributed by atoms with Gasteiger partial charge in [0, 0.05) is 11.6 Å². The largest absolute Gasteiger partial charge is 0.497 e. The summed E-state index contributed by atoms with van der Waals surface area (Å²) < 4.78 is 7.16. The second-order valence-electron chi connectivity index (χ2n) is 4.22. The molecule has 1 aromatic carbocycles. The molecule has 0 saturated carbocycles. The number of carbonyl (C=O) groups is 1. The van der Waals surface area contributed by atoms with Crippen LogP contribution >= 0.6 is 0 Å². The van der Waals surface area contributed by atoms with Crippen LogP contribution in [0.15, 0.2) is 30.5 Å². The van der Waals surface area contributed by atoms with Crippen molar-refractivity contribution in [1.82, 2.24) is 9.38 Å². The molecule has 18 heavy (non-hydrogen) atoms. The van der Waals surface area contributed by atoms with E-state index in [1.807, 2.05) is 35.6 Å². The second kappa shape index (κ2) is 3.84. The summed E-state index contributed by atoms with van der Waals surface area (Å²) >= 11 is 0. The summed E-state index contributed by atoms with van der Waals surface area (Å²) in [4.78, 5) is 15.1. The molecule has 0 saturated heterocycles. The van der Waals surface area contributed by atoms with E-state index in [-0.39, 0.29) is 0 Å². The van der Waals surface area contributed by atoms with Crippen molar-refractivity contribution in [3.63, 3.8) is 0 Å². The molecule has 0 aliphatic rings. The Bertz CT molecular complexity index is 759. The average Bonchev–Trinajstić information content (AvgIpc) is 2.81. The number of rotatable bonds is 2. The third kappa shape index (κ3) is 1.46. The molecule has 2 heterocycles. The lowest BCUT2D eigenvalue weighted by atomic mass is 10.1. The molecular weight excluding hydrogens is 228 g/mol.